The largest absolute Gasteiger partial charge is 0.419 e. The van der Waals surface area contributed by atoms with E-state index < -0.39 is 29.5 Å². The molecule has 2 N–H and O–H groups in total. The van der Waals surface area contributed by atoms with Gasteiger partial charge in [-0.1, -0.05) is 36.4 Å². The van der Waals surface area contributed by atoms with Gasteiger partial charge in [0.2, 0.25) is 5.91 Å². The second kappa shape index (κ2) is 8.57. The highest BCUT2D eigenvalue weighted by Gasteiger charge is 2.37. The van der Waals surface area contributed by atoms with E-state index in [1.165, 1.54) is 12.1 Å². The summed E-state index contributed by atoms with van der Waals surface area (Å²) in [4.78, 5) is 29.3. The number of amidine groups is 1. The summed E-state index contributed by atoms with van der Waals surface area (Å²) in [5.74, 6) is -2.11. The zero-order valence-corrected chi connectivity index (χ0v) is 16.7. The van der Waals surface area contributed by atoms with Crippen LogP contribution in [0.3, 0.4) is 0 Å². The van der Waals surface area contributed by atoms with Gasteiger partial charge in [0.15, 0.2) is 0 Å². The number of hydrogen-bond donors (Lipinski definition) is 2. The number of rotatable bonds is 5. The molecule has 32 heavy (non-hydrogen) atoms. The van der Waals surface area contributed by atoms with Crippen molar-refractivity contribution in [2.75, 3.05) is 0 Å². The molecule has 2 aromatic rings. The molecule has 1 aliphatic heterocycles. The van der Waals surface area contributed by atoms with E-state index in [0.717, 1.165) is 18.9 Å². The van der Waals surface area contributed by atoms with E-state index in [-0.39, 0.29) is 35.3 Å². The molecule has 1 heterocycles. The van der Waals surface area contributed by atoms with Gasteiger partial charge >= 0.3 is 6.18 Å². The Kier molecular flexibility index (Phi) is 5.82. The molecule has 166 valence electrons. The molecule has 5 nitrogen and oxygen atoms in total. The second-order valence-corrected chi connectivity index (χ2v) is 7.69. The number of carbonyl (C=O) groups excluding carboxylic acids is 2. The van der Waals surface area contributed by atoms with Gasteiger partial charge in [0.25, 0.3) is 5.91 Å². The molecular formula is C23H19F4N3O2. The van der Waals surface area contributed by atoms with Crippen molar-refractivity contribution in [3.05, 3.63) is 82.8 Å². The number of nitrogens with one attached hydrogen (secondary N) is 2. The van der Waals surface area contributed by atoms with Crippen LogP contribution in [0, 0.1) is 11.7 Å². The van der Waals surface area contributed by atoms with Crippen molar-refractivity contribution in [3.8, 4) is 0 Å². The molecule has 0 spiro atoms. The molecule has 0 aromatic heterocycles. The quantitative estimate of drug-likeness (QED) is 0.676. The highest BCUT2D eigenvalue weighted by atomic mass is 19.4. The van der Waals surface area contributed by atoms with Crippen LogP contribution in [0.4, 0.5) is 17.6 Å². The maximum Gasteiger partial charge on any atom is 0.419 e. The van der Waals surface area contributed by atoms with Gasteiger partial charge in [-0.05, 0) is 42.5 Å². The molecule has 2 aliphatic rings. The number of halogens is 4. The lowest BCUT2D eigenvalue weighted by Gasteiger charge is -2.20. The summed E-state index contributed by atoms with van der Waals surface area (Å²) in [5.41, 5.74) is -0.484. The first-order valence-corrected chi connectivity index (χ1v) is 10.0. The predicted octanol–water partition coefficient (Wildman–Crippen LogP) is 4.26. The Morgan fingerprint density at radius 3 is 2.47 bits per heavy atom. The molecule has 0 saturated heterocycles. The summed E-state index contributed by atoms with van der Waals surface area (Å²) in [6.07, 6.45) is -1.96. The minimum absolute atomic E-state index is 0.000219. The fourth-order valence-electron chi connectivity index (χ4n) is 3.52. The van der Waals surface area contributed by atoms with Crippen molar-refractivity contribution in [1.29, 1.82) is 0 Å². The molecule has 4 rings (SSSR count). The average molecular weight is 445 g/mol. The van der Waals surface area contributed by atoms with E-state index in [1.54, 1.807) is 30.3 Å². The first-order chi connectivity index (χ1) is 15.2. The van der Waals surface area contributed by atoms with E-state index in [9.17, 15) is 27.2 Å². The number of alkyl halides is 3. The van der Waals surface area contributed by atoms with E-state index in [1.807, 2.05) is 0 Å². The van der Waals surface area contributed by atoms with Gasteiger partial charge < -0.3 is 10.6 Å². The summed E-state index contributed by atoms with van der Waals surface area (Å²) >= 11 is 0. The summed E-state index contributed by atoms with van der Waals surface area (Å²) < 4.78 is 52.8. The topological polar surface area (TPSA) is 70.6 Å². The SMILES string of the molecule is O=C1CC=C(C(=O)N[C@@H](c2ccc(C(F)(F)F)c(F)c2)C2CC2)N=C(c2ccccc2)N1. The van der Waals surface area contributed by atoms with Gasteiger partial charge in [-0.3, -0.25) is 9.59 Å². The molecule has 1 atom stereocenters. The Labute approximate surface area is 181 Å². The minimum Gasteiger partial charge on any atom is -0.344 e. The normalized spacial score (nSPS) is 17.6. The van der Waals surface area contributed by atoms with E-state index >= 15 is 0 Å². The number of aliphatic imine (C=N–C) groups is 1. The zero-order valence-electron chi connectivity index (χ0n) is 16.7. The van der Waals surface area contributed by atoms with E-state index in [0.29, 0.717) is 11.6 Å². The third kappa shape index (κ3) is 4.87. The Morgan fingerprint density at radius 2 is 1.84 bits per heavy atom. The lowest BCUT2D eigenvalue weighted by atomic mass is 10.00. The Hall–Kier alpha value is -3.49. The van der Waals surface area contributed by atoms with Crippen LogP contribution >= 0.6 is 0 Å². The van der Waals surface area contributed by atoms with E-state index in [2.05, 4.69) is 15.6 Å². The van der Waals surface area contributed by atoms with Crippen LogP contribution in [0.2, 0.25) is 0 Å². The number of carbonyl (C=O) groups is 2. The van der Waals surface area contributed by atoms with Crippen LogP contribution in [0.25, 0.3) is 0 Å². The molecule has 0 radical (unpaired) electrons. The maximum atomic E-state index is 14.1. The maximum absolute atomic E-state index is 14.1. The van der Waals surface area contributed by atoms with Crippen LogP contribution in [-0.2, 0) is 15.8 Å². The number of nitrogens with zero attached hydrogens (tertiary/aromatic N) is 1. The first-order valence-electron chi connectivity index (χ1n) is 10.0. The molecule has 2 aromatic carbocycles. The molecule has 1 fully saturated rings. The second-order valence-electron chi connectivity index (χ2n) is 7.69. The fourth-order valence-corrected chi connectivity index (χ4v) is 3.52. The van der Waals surface area contributed by atoms with Crippen LogP contribution in [0.1, 0.15) is 42.0 Å². The fraction of sp³-hybridized carbons (Fsp3) is 0.261. The number of hydrogen-bond acceptors (Lipinski definition) is 3. The van der Waals surface area contributed by atoms with E-state index in [4.69, 9.17) is 0 Å². The van der Waals surface area contributed by atoms with Gasteiger partial charge in [0.1, 0.15) is 17.3 Å². The predicted molar refractivity (Wildman–Crippen MR) is 109 cm³/mol. The van der Waals surface area contributed by atoms with Crippen molar-refractivity contribution >= 4 is 17.6 Å². The molecule has 1 saturated carbocycles. The van der Waals surface area contributed by atoms with Crippen molar-refractivity contribution in [3.63, 3.8) is 0 Å². The number of amides is 2. The van der Waals surface area contributed by atoms with Crippen LogP contribution in [0.5, 0.6) is 0 Å². The molecule has 0 bridgehead atoms. The number of benzene rings is 2. The highest BCUT2D eigenvalue weighted by molar-refractivity contribution is 6.11. The van der Waals surface area contributed by atoms with Gasteiger partial charge in [0, 0.05) is 12.0 Å². The van der Waals surface area contributed by atoms with Crippen molar-refractivity contribution in [1.82, 2.24) is 10.6 Å². The first kappa shape index (κ1) is 21.7. The summed E-state index contributed by atoms with van der Waals surface area (Å²) in [5, 5.41) is 5.41. The van der Waals surface area contributed by atoms with Gasteiger partial charge in [-0.15, -0.1) is 0 Å². The smallest absolute Gasteiger partial charge is 0.344 e. The van der Waals surface area contributed by atoms with Crippen molar-refractivity contribution in [2.45, 2.75) is 31.5 Å². The third-order valence-electron chi connectivity index (χ3n) is 5.29. The highest BCUT2D eigenvalue weighted by Crippen LogP contribution is 2.42. The zero-order chi connectivity index (χ0) is 22.9. The average Bonchev–Trinajstić information content (AvgIpc) is 3.59. The lowest BCUT2D eigenvalue weighted by Crippen LogP contribution is -2.32. The van der Waals surface area contributed by atoms with Gasteiger partial charge in [0.05, 0.1) is 11.6 Å². The van der Waals surface area contributed by atoms with Crippen LogP contribution in [-0.4, -0.2) is 17.6 Å². The minimum atomic E-state index is -4.80. The summed E-state index contributed by atoms with van der Waals surface area (Å²) in [6.45, 7) is 0. The van der Waals surface area contributed by atoms with Crippen LogP contribution in [0.15, 0.2) is 65.3 Å². The molecule has 1 aliphatic carbocycles. The van der Waals surface area contributed by atoms with Crippen LogP contribution < -0.4 is 10.6 Å². The molecule has 2 amide bonds. The third-order valence-corrected chi connectivity index (χ3v) is 5.29. The molecule has 0 unspecified atom stereocenters. The monoisotopic (exact) mass is 445 g/mol. The Morgan fingerprint density at radius 1 is 1.12 bits per heavy atom. The van der Waals surface area contributed by atoms with Gasteiger partial charge in [-0.2, -0.15) is 13.2 Å². The summed E-state index contributed by atoms with van der Waals surface area (Å²) in [7, 11) is 0. The van der Waals surface area contributed by atoms with Crippen molar-refractivity contribution < 1.29 is 27.2 Å². The van der Waals surface area contributed by atoms with Crippen molar-refractivity contribution in [2.24, 2.45) is 10.9 Å². The summed E-state index contributed by atoms with van der Waals surface area (Å²) in [6, 6.07) is 10.8. The van der Waals surface area contributed by atoms with Gasteiger partial charge in [-0.25, -0.2) is 9.38 Å². The Bertz CT molecular complexity index is 1110. The standard InChI is InChI=1S/C23H19F4N3O2/c24-17-12-15(8-9-16(17)23(25,26)27)20(13-6-7-13)30-22(32)18-10-11-19(31)29-21(28-18)14-4-2-1-3-5-14/h1-5,8-10,12-13,20H,6-7,11H2,(H,30,32)(H,28,29,31)/t20-/m1/s1. The molecule has 9 heteroatoms. The Balaban J connectivity index is 1.59. The molecular weight excluding hydrogens is 426 g/mol. The lowest BCUT2D eigenvalue weighted by molar-refractivity contribution is -0.140.